The van der Waals surface area contributed by atoms with Gasteiger partial charge in [-0.1, -0.05) is 0 Å². The monoisotopic (exact) mass is 181 g/mol. The third-order valence-corrected chi connectivity index (χ3v) is 3.13. The highest BCUT2D eigenvalue weighted by Crippen LogP contribution is 2.40. The number of hydrazone groups is 1. The second-order valence-electron chi connectivity index (χ2n) is 3.99. The summed E-state index contributed by atoms with van der Waals surface area (Å²) in [7, 11) is 0. The van der Waals surface area contributed by atoms with Crippen molar-refractivity contribution in [2.75, 3.05) is 0 Å². The first-order valence-electron chi connectivity index (χ1n) is 4.87. The first kappa shape index (κ1) is 8.53. The maximum atomic E-state index is 10.5. The lowest BCUT2D eigenvalue weighted by Crippen LogP contribution is -2.28. The van der Waals surface area contributed by atoms with Gasteiger partial charge >= 0.3 is 6.03 Å². The van der Waals surface area contributed by atoms with Crippen molar-refractivity contribution in [3.63, 3.8) is 0 Å². The molecule has 0 radical (unpaired) electrons. The van der Waals surface area contributed by atoms with E-state index in [1.807, 2.05) is 0 Å². The van der Waals surface area contributed by atoms with Crippen molar-refractivity contribution in [1.29, 1.82) is 0 Å². The molecule has 2 unspecified atom stereocenters. The summed E-state index contributed by atoms with van der Waals surface area (Å²) in [5.41, 5.74) is 8.42. The van der Waals surface area contributed by atoms with Gasteiger partial charge in [0.25, 0.3) is 0 Å². The lowest BCUT2D eigenvalue weighted by molar-refractivity contribution is 0.249. The molecular weight excluding hydrogens is 166 g/mol. The Morgan fingerprint density at radius 1 is 1.46 bits per heavy atom. The van der Waals surface area contributed by atoms with Crippen molar-refractivity contribution in [3.8, 4) is 0 Å². The third-order valence-electron chi connectivity index (χ3n) is 3.13. The average molecular weight is 181 g/mol. The molecule has 2 amide bonds. The van der Waals surface area contributed by atoms with E-state index in [4.69, 9.17) is 5.73 Å². The maximum absolute atomic E-state index is 10.5. The van der Waals surface area contributed by atoms with Crippen LogP contribution in [0.25, 0.3) is 0 Å². The van der Waals surface area contributed by atoms with Gasteiger partial charge < -0.3 is 5.73 Å². The standard InChI is InChI=1S/C9H15N3O/c10-9(13)12-11-8-4-2-6-1-3-7(8)5-6/h6-7H,1-5H2,(H3,10,12,13)/b11-8+. The van der Waals surface area contributed by atoms with Crippen molar-refractivity contribution in [2.45, 2.75) is 32.1 Å². The van der Waals surface area contributed by atoms with Gasteiger partial charge in [-0.3, -0.25) is 0 Å². The van der Waals surface area contributed by atoms with Gasteiger partial charge in [-0.2, -0.15) is 5.10 Å². The highest BCUT2D eigenvalue weighted by Gasteiger charge is 2.32. The van der Waals surface area contributed by atoms with E-state index in [0.29, 0.717) is 5.92 Å². The van der Waals surface area contributed by atoms with Crippen LogP contribution >= 0.6 is 0 Å². The number of carbonyl (C=O) groups is 1. The molecule has 2 rings (SSSR count). The van der Waals surface area contributed by atoms with Gasteiger partial charge in [0.05, 0.1) is 0 Å². The van der Waals surface area contributed by atoms with Crippen molar-refractivity contribution in [2.24, 2.45) is 22.7 Å². The summed E-state index contributed by atoms with van der Waals surface area (Å²) < 4.78 is 0. The molecule has 0 spiro atoms. The Hall–Kier alpha value is -1.06. The van der Waals surface area contributed by atoms with Crippen LogP contribution in [0.1, 0.15) is 32.1 Å². The van der Waals surface area contributed by atoms with Crippen LogP contribution in [0.3, 0.4) is 0 Å². The number of rotatable bonds is 1. The van der Waals surface area contributed by atoms with Crippen LogP contribution in [0, 0.1) is 11.8 Å². The van der Waals surface area contributed by atoms with Gasteiger partial charge in [0.1, 0.15) is 0 Å². The Kier molecular flexibility index (Phi) is 2.20. The summed E-state index contributed by atoms with van der Waals surface area (Å²) in [4.78, 5) is 10.5. The van der Waals surface area contributed by atoms with Gasteiger partial charge in [0.2, 0.25) is 0 Å². The van der Waals surface area contributed by atoms with Crippen LogP contribution in [0.2, 0.25) is 0 Å². The van der Waals surface area contributed by atoms with E-state index in [-0.39, 0.29) is 0 Å². The zero-order valence-electron chi connectivity index (χ0n) is 7.62. The smallest absolute Gasteiger partial charge is 0.332 e. The number of hydrogen-bond acceptors (Lipinski definition) is 2. The molecule has 3 N–H and O–H groups in total. The van der Waals surface area contributed by atoms with Gasteiger partial charge in [-0.15, -0.1) is 0 Å². The minimum atomic E-state index is -0.562. The maximum Gasteiger partial charge on any atom is 0.332 e. The van der Waals surface area contributed by atoms with E-state index in [1.165, 1.54) is 25.7 Å². The summed E-state index contributed by atoms with van der Waals surface area (Å²) in [5.74, 6) is 1.53. The van der Waals surface area contributed by atoms with Gasteiger partial charge in [0.15, 0.2) is 0 Å². The average Bonchev–Trinajstić information content (AvgIpc) is 2.47. The van der Waals surface area contributed by atoms with Crippen LogP contribution in [0.5, 0.6) is 0 Å². The fraction of sp³-hybridized carbons (Fsp3) is 0.778. The van der Waals surface area contributed by atoms with Crippen molar-refractivity contribution < 1.29 is 4.79 Å². The Morgan fingerprint density at radius 2 is 2.31 bits per heavy atom. The molecule has 0 aliphatic heterocycles. The molecule has 0 heterocycles. The number of fused-ring (bicyclic) bond motifs is 2. The van der Waals surface area contributed by atoms with E-state index >= 15 is 0 Å². The van der Waals surface area contributed by atoms with Gasteiger partial charge in [0, 0.05) is 5.71 Å². The predicted octanol–water partition coefficient (Wildman–Crippen LogP) is 1.22. The number of nitrogens with one attached hydrogen (secondary N) is 1. The Balaban J connectivity index is 1.99. The molecule has 2 aliphatic carbocycles. The molecule has 4 nitrogen and oxygen atoms in total. The highest BCUT2D eigenvalue weighted by atomic mass is 16.2. The van der Waals surface area contributed by atoms with Gasteiger partial charge in [-0.25, -0.2) is 10.2 Å². The largest absolute Gasteiger partial charge is 0.350 e. The van der Waals surface area contributed by atoms with E-state index in [1.54, 1.807) is 0 Å². The summed E-state index contributed by atoms with van der Waals surface area (Å²) in [6, 6.07) is -0.562. The number of primary amides is 1. The van der Waals surface area contributed by atoms with Crippen molar-refractivity contribution in [3.05, 3.63) is 0 Å². The summed E-state index contributed by atoms with van der Waals surface area (Å²) in [6.45, 7) is 0. The Morgan fingerprint density at radius 3 is 3.08 bits per heavy atom. The molecule has 2 atom stereocenters. The predicted molar refractivity (Wildman–Crippen MR) is 50.2 cm³/mol. The van der Waals surface area contributed by atoms with Crippen LogP contribution in [-0.2, 0) is 0 Å². The first-order chi connectivity index (χ1) is 6.25. The second-order valence-corrected chi connectivity index (χ2v) is 3.99. The quantitative estimate of drug-likeness (QED) is 0.587. The van der Waals surface area contributed by atoms with Gasteiger partial charge in [-0.05, 0) is 43.9 Å². The molecule has 2 aliphatic rings. The summed E-state index contributed by atoms with van der Waals surface area (Å²) in [5, 5.41) is 4.05. The summed E-state index contributed by atoms with van der Waals surface area (Å²) >= 11 is 0. The normalized spacial score (nSPS) is 34.9. The molecule has 2 bridgehead atoms. The first-order valence-corrected chi connectivity index (χ1v) is 4.87. The number of nitrogens with zero attached hydrogens (tertiary/aromatic N) is 1. The molecule has 72 valence electrons. The zero-order valence-corrected chi connectivity index (χ0v) is 7.62. The third kappa shape index (κ3) is 1.82. The molecular formula is C9H15N3O. The van der Waals surface area contributed by atoms with Crippen LogP contribution in [0.15, 0.2) is 5.10 Å². The summed E-state index contributed by atoms with van der Waals surface area (Å²) in [6.07, 6.45) is 6.11. The number of amides is 2. The molecule has 0 aromatic heterocycles. The molecule has 0 aromatic carbocycles. The topological polar surface area (TPSA) is 67.5 Å². The minimum absolute atomic E-state index is 0.562. The molecule has 13 heavy (non-hydrogen) atoms. The Bertz CT molecular complexity index is 249. The molecule has 2 saturated carbocycles. The van der Waals surface area contributed by atoms with E-state index in [2.05, 4.69) is 10.5 Å². The minimum Gasteiger partial charge on any atom is -0.350 e. The number of urea groups is 1. The fourth-order valence-corrected chi connectivity index (χ4v) is 2.47. The van der Waals surface area contributed by atoms with Crippen LogP contribution < -0.4 is 11.2 Å². The number of nitrogens with two attached hydrogens (primary N) is 1. The van der Waals surface area contributed by atoms with Crippen molar-refractivity contribution >= 4 is 11.7 Å². The second kappa shape index (κ2) is 3.36. The fourth-order valence-electron chi connectivity index (χ4n) is 2.47. The lowest BCUT2D eigenvalue weighted by Gasteiger charge is -2.20. The van der Waals surface area contributed by atoms with E-state index < -0.39 is 6.03 Å². The van der Waals surface area contributed by atoms with Crippen LogP contribution in [-0.4, -0.2) is 11.7 Å². The van der Waals surface area contributed by atoms with Crippen LogP contribution in [0.4, 0.5) is 4.79 Å². The Labute approximate surface area is 77.6 Å². The molecule has 0 aromatic rings. The SMILES string of the molecule is NC(=O)N/N=C1\CCC2CCC1C2. The van der Waals surface area contributed by atoms with Crippen molar-refractivity contribution in [1.82, 2.24) is 5.43 Å². The number of carbonyl (C=O) groups excluding carboxylic acids is 1. The number of hydrogen-bond donors (Lipinski definition) is 2. The van der Waals surface area contributed by atoms with E-state index in [9.17, 15) is 4.79 Å². The van der Waals surface area contributed by atoms with E-state index in [0.717, 1.165) is 18.1 Å². The highest BCUT2D eigenvalue weighted by molar-refractivity contribution is 5.88. The lowest BCUT2D eigenvalue weighted by atomic mass is 9.88. The molecule has 0 saturated heterocycles. The molecule has 2 fully saturated rings. The molecule has 4 heteroatoms. The zero-order chi connectivity index (χ0) is 9.26.